The summed E-state index contributed by atoms with van der Waals surface area (Å²) in [5.41, 5.74) is 2.44. The van der Waals surface area contributed by atoms with Crippen LogP contribution in [0.1, 0.15) is 17.1 Å². The average Bonchev–Trinajstić information content (AvgIpc) is 3.23. The number of carbonyl (C=O) groups is 1. The molecule has 1 amide bonds. The molecule has 2 aromatic heterocycles. The summed E-state index contributed by atoms with van der Waals surface area (Å²) in [6, 6.07) is 7.22. The van der Waals surface area contributed by atoms with Crippen molar-refractivity contribution < 1.29 is 13.2 Å². The van der Waals surface area contributed by atoms with Crippen LogP contribution in [0.4, 0.5) is 10.8 Å². The van der Waals surface area contributed by atoms with Crippen LogP contribution in [0, 0.1) is 13.8 Å². The fourth-order valence-corrected chi connectivity index (χ4v) is 4.83. The molecule has 30 heavy (non-hydrogen) atoms. The van der Waals surface area contributed by atoms with Crippen molar-refractivity contribution in [3.63, 3.8) is 0 Å². The molecule has 12 heteroatoms. The van der Waals surface area contributed by atoms with Crippen LogP contribution in [-0.4, -0.2) is 46.1 Å². The second kappa shape index (κ2) is 9.14. The average molecular weight is 467 g/mol. The highest BCUT2D eigenvalue weighted by Crippen LogP contribution is 2.23. The molecule has 0 saturated carbocycles. The summed E-state index contributed by atoms with van der Waals surface area (Å²) in [5.74, 6) is 0.411. The molecule has 0 fully saturated rings. The van der Waals surface area contributed by atoms with Crippen molar-refractivity contribution in [3.05, 3.63) is 46.7 Å². The van der Waals surface area contributed by atoms with Gasteiger partial charge in [0.15, 0.2) is 16.1 Å². The van der Waals surface area contributed by atoms with Crippen LogP contribution < -0.4 is 9.62 Å². The summed E-state index contributed by atoms with van der Waals surface area (Å²) >= 11 is 2.59. The van der Waals surface area contributed by atoms with E-state index in [0.717, 1.165) is 17.5 Å². The molecule has 2 heterocycles. The van der Waals surface area contributed by atoms with Crippen molar-refractivity contribution in [2.75, 3.05) is 21.6 Å². The van der Waals surface area contributed by atoms with Gasteiger partial charge in [0.2, 0.25) is 15.9 Å². The number of hydrogen-bond donors (Lipinski definition) is 1. The van der Waals surface area contributed by atoms with Crippen LogP contribution >= 0.6 is 23.1 Å². The number of aryl methyl sites for hydroxylation is 2. The molecule has 1 N–H and O–H groups in total. The van der Waals surface area contributed by atoms with E-state index >= 15 is 0 Å². The number of nitrogens with one attached hydrogen (secondary N) is 1. The molecule has 0 aliphatic carbocycles. The smallest absolute Gasteiger partial charge is 0.236 e. The van der Waals surface area contributed by atoms with Gasteiger partial charge in [0.05, 0.1) is 29.9 Å². The van der Waals surface area contributed by atoms with E-state index in [-0.39, 0.29) is 18.2 Å². The number of aromatic nitrogens is 4. The Kier molecular flexibility index (Phi) is 6.78. The van der Waals surface area contributed by atoms with Crippen LogP contribution in [0.5, 0.6) is 0 Å². The predicted molar refractivity (Wildman–Crippen MR) is 119 cm³/mol. The van der Waals surface area contributed by atoms with Gasteiger partial charge in [-0.05, 0) is 26.0 Å². The number of nitrogens with zero attached hydrogens (tertiary/aromatic N) is 5. The molecule has 0 bridgehead atoms. The molecule has 0 aliphatic heterocycles. The van der Waals surface area contributed by atoms with Crippen molar-refractivity contribution in [3.8, 4) is 0 Å². The molecule has 9 nitrogen and oxygen atoms in total. The highest BCUT2D eigenvalue weighted by atomic mass is 32.2. The highest BCUT2D eigenvalue weighted by Gasteiger charge is 2.21. The first kappa shape index (κ1) is 22.2. The van der Waals surface area contributed by atoms with E-state index in [1.54, 1.807) is 23.7 Å². The standard InChI is InChI=1S/C18H22N6O3S3/c1-12-5-7-14(8-6-12)24(30(4,26)27)9-15-21-22-18(23(15)3)29-11-16(25)20-17-19-13(2)10-28-17/h5-8,10H,9,11H2,1-4H3,(H,19,20,25). The highest BCUT2D eigenvalue weighted by molar-refractivity contribution is 7.99. The van der Waals surface area contributed by atoms with Crippen LogP contribution in [0.2, 0.25) is 0 Å². The molecular formula is C18H22N6O3S3. The third-order valence-corrected chi connectivity index (χ3v) is 7.17. The Labute approximate surface area is 183 Å². The fourth-order valence-electron chi connectivity index (χ4n) is 2.54. The largest absolute Gasteiger partial charge is 0.308 e. The van der Waals surface area contributed by atoms with E-state index < -0.39 is 10.0 Å². The maximum atomic E-state index is 12.3. The molecule has 0 radical (unpaired) electrons. The molecule has 0 atom stereocenters. The minimum Gasteiger partial charge on any atom is -0.308 e. The lowest BCUT2D eigenvalue weighted by Gasteiger charge is -2.22. The van der Waals surface area contributed by atoms with Crippen LogP contribution in [0.25, 0.3) is 0 Å². The number of anilines is 2. The minimum atomic E-state index is -3.52. The van der Waals surface area contributed by atoms with Gasteiger partial charge in [-0.15, -0.1) is 21.5 Å². The molecule has 0 aliphatic rings. The van der Waals surface area contributed by atoms with Gasteiger partial charge in [-0.2, -0.15) is 0 Å². The zero-order valence-corrected chi connectivity index (χ0v) is 19.4. The third kappa shape index (κ3) is 5.58. The molecule has 1 aromatic carbocycles. The summed E-state index contributed by atoms with van der Waals surface area (Å²) < 4.78 is 27.6. The summed E-state index contributed by atoms with van der Waals surface area (Å²) in [6.45, 7) is 3.83. The number of sulfonamides is 1. The molecule has 3 aromatic rings. The van der Waals surface area contributed by atoms with Crippen molar-refractivity contribution >= 4 is 49.8 Å². The van der Waals surface area contributed by atoms with E-state index in [0.29, 0.717) is 21.8 Å². The second-order valence-electron chi connectivity index (χ2n) is 6.69. The Morgan fingerprint density at radius 3 is 2.53 bits per heavy atom. The Morgan fingerprint density at radius 2 is 1.93 bits per heavy atom. The van der Waals surface area contributed by atoms with Crippen LogP contribution in [0.3, 0.4) is 0 Å². The number of thioether (sulfide) groups is 1. The topological polar surface area (TPSA) is 110 Å². The SMILES string of the molecule is Cc1ccc(N(Cc2nnc(SCC(=O)Nc3nc(C)cs3)n2C)S(C)(=O)=O)cc1. The predicted octanol–water partition coefficient (Wildman–Crippen LogP) is 2.59. The molecule has 3 rings (SSSR count). The first-order valence-electron chi connectivity index (χ1n) is 8.91. The molecule has 0 spiro atoms. The van der Waals surface area contributed by atoms with Crippen molar-refractivity contribution in [1.82, 2.24) is 19.7 Å². The van der Waals surface area contributed by atoms with Gasteiger partial charge in [-0.25, -0.2) is 13.4 Å². The van der Waals surface area contributed by atoms with Gasteiger partial charge in [0, 0.05) is 12.4 Å². The number of benzene rings is 1. The van der Waals surface area contributed by atoms with Gasteiger partial charge < -0.3 is 9.88 Å². The number of amides is 1. The Morgan fingerprint density at radius 1 is 1.23 bits per heavy atom. The molecule has 0 unspecified atom stereocenters. The summed E-state index contributed by atoms with van der Waals surface area (Å²) in [7, 11) is -1.77. The number of rotatable bonds is 8. The molecule has 160 valence electrons. The molecular weight excluding hydrogens is 444 g/mol. The van der Waals surface area contributed by atoms with Gasteiger partial charge in [-0.1, -0.05) is 29.5 Å². The number of hydrogen-bond acceptors (Lipinski definition) is 8. The van der Waals surface area contributed by atoms with Crippen molar-refractivity contribution in [1.29, 1.82) is 0 Å². The van der Waals surface area contributed by atoms with Gasteiger partial charge in [-0.3, -0.25) is 9.10 Å². The Bertz CT molecular complexity index is 1140. The maximum Gasteiger partial charge on any atom is 0.236 e. The lowest BCUT2D eigenvalue weighted by atomic mass is 10.2. The molecule has 0 saturated heterocycles. The maximum absolute atomic E-state index is 12.3. The van der Waals surface area contributed by atoms with Gasteiger partial charge in [0.1, 0.15) is 0 Å². The fraction of sp³-hybridized carbons (Fsp3) is 0.333. The van der Waals surface area contributed by atoms with E-state index in [9.17, 15) is 13.2 Å². The Hall–Kier alpha value is -2.44. The normalized spacial score (nSPS) is 11.5. The Balaban J connectivity index is 1.68. The minimum absolute atomic E-state index is 0.0382. The number of carbonyl (C=O) groups excluding carboxylic acids is 1. The van der Waals surface area contributed by atoms with Gasteiger partial charge >= 0.3 is 0 Å². The zero-order valence-electron chi connectivity index (χ0n) is 17.0. The van der Waals surface area contributed by atoms with Crippen LogP contribution in [-0.2, 0) is 28.4 Å². The van der Waals surface area contributed by atoms with Crippen molar-refractivity contribution in [2.24, 2.45) is 7.05 Å². The summed E-state index contributed by atoms with van der Waals surface area (Å²) in [5, 5.41) is 13.9. The van der Waals surface area contributed by atoms with Gasteiger partial charge in [0.25, 0.3) is 0 Å². The zero-order chi connectivity index (χ0) is 21.9. The number of thiazole rings is 1. The third-order valence-electron chi connectivity index (χ3n) is 4.13. The lowest BCUT2D eigenvalue weighted by molar-refractivity contribution is -0.113. The first-order chi connectivity index (χ1) is 14.1. The monoisotopic (exact) mass is 466 g/mol. The van der Waals surface area contributed by atoms with E-state index in [1.165, 1.54) is 27.4 Å². The quantitative estimate of drug-likeness (QED) is 0.508. The van der Waals surface area contributed by atoms with Crippen LogP contribution in [0.15, 0.2) is 34.8 Å². The van der Waals surface area contributed by atoms with E-state index in [4.69, 9.17) is 0 Å². The summed E-state index contributed by atoms with van der Waals surface area (Å²) in [6.07, 6.45) is 1.16. The lowest BCUT2D eigenvalue weighted by Crippen LogP contribution is -2.30. The van der Waals surface area contributed by atoms with E-state index in [2.05, 4.69) is 20.5 Å². The second-order valence-corrected chi connectivity index (χ2v) is 10.4. The van der Waals surface area contributed by atoms with Crippen molar-refractivity contribution in [2.45, 2.75) is 25.5 Å². The van der Waals surface area contributed by atoms with E-state index in [1.807, 2.05) is 31.4 Å². The first-order valence-corrected chi connectivity index (χ1v) is 12.6. The summed E-state index contributed by atoms with van der Waals surface area (Å²) in [4.78, 5) is 16.3.